The summed E-state index contributed by atoms with van der Waals surface area (Å²) in [5.41, 5.74) is 1.33. The number of hydrogen-bond acceptors (Lipinski definition) is 5. The van der Waals surface area contributed by atoms with Crippen LogP contribution in [0.2, 0.25) is 0 Å². The number of aliphatic hydroxyl groups is 1. The van der Waals surface area contributed by atoms with Crippen molar-refractivity contribution in [3.05, 3.63) is 109 Å². The maximum Gasteiger partial charge on any atom is 0.328 e. The highest BCUT2D eigenvalue weighted by Crippen LogP contribution is 2.37. The van der Waals surface area contributed by atoms with Crippen LogP contribution in [0, 0.1) is 5.92 Å². The molecule has 0 saturated heterocycles. The number of rotatable bonds is 9. The Hall–Kier alpha value is -2.78. The largest absolute Gasteiger partial charge is 0.390 e. The molecule has 2 N–H and O–H groups in total. The summed E-state index contributed by atoms with van der Waals surface area (Å²) in [5, 5.41) is 11.2. The quantitative estimate of drug-likeness (QED) is 0.444. The first-order valence-electron chi connectivity index (χ1n) is 11.1. The van der Waals surface area contributed by atoms with Crippen LogP contribution in [0.15, 0.2) is 81.4 Å². The smallest absolute Gasteiger partial charge is 0.328 e. The molecule has 1 aliphatic carbocycles. The summed E-state index contributed by atoms with van der Waals surface area (Å²) in [6, 6.07) is 19.1. The third-order valence-corrected chi connectivity index (χ3v) is 6.37. The van der Waals surface area contributed by atoms with Crippen molar-refractivity contribution < 1.29 is 14.6 Å². The Kier molecular flexibility index (Phi) is 8.29. The highest BCUT2D eigenvalue weighted by Gasteiger charge is 2.44. The Balaban J connectivity index is 1.54. The average Bonchev–Trinajstić information content (AvgIpc) is 3.16. The maximum absolute atomic E-state index is 12.6. The number of halogens is 1. The lowest BCUT2D eigenvalue weighted by atomic mass is 10.0. The number of nitrogens with zero attached hydrogens (tertiary/aromatic N) is 1. The molecule has 0 spiro atoms. The molecule has 178 valence electrons. The van der Waals surface area contributed by atoms with Gasteiger partial charge < -0.3 is 14.6 Å². The topological polar surface area (TPSA) is 93.6 Å². The zero-order valence-electron chi connectivity index (χ0n) is 18.5. The van der Waals surface area contributed by atoms with Gasteiger partial charge in [-0.3, -0.25) is 14.3 Å². The molecular weight excluding hydrogens is 500 g/mol. The van der Waals surface area contributed by atoms with Crippen molar-refractivity contribution in [3.8, 4) is 0 Å². The van der Waals surface area contributed by atoms with E-state index in [1.54, 1.807) is 11.1 Å². The predicted octanol–water partition coefficient (Wildman–Crippen LogP) is 3.63. The molecule has 7 nitrogen and oxygen atoms in total. The van der Waals surface area contributed by atoms with Crippen LogP contribution in [-0.2, 0) is 22.7 Å². The molecule has 3 aromatic rings. The van der Waals surface area contributed by atoms with E-state index in [0.29, 0.717) is 25.2 Å². The van der Waals surface area contributed by atoms with E-state index in [1.165, 1.54) is 10.8 Å². The fourth-order valence-corrected chi connectivity index (χ4v) is 4.62. The van der Waals surface area contributed by atoms with Gasteiger partial charge in [0.1, 0.15) is 0 Å². The lowest BCUT2D eigenvalue weighted by Crippen LogP contribution is -2.37. The Morgan fingerprint density at radius 2 is 1.68 bits per heavy atom. The molecule has 1 heterocycles. The van der Waals surface area contributed by atoms with Crippen LogP contribution in [-0.4, -0.2) is 33.5 Å². The number of aliphatic hydroxyl groups excluding tert-OH is 1. The van der Waals surface area contributed by atoms with Gasteiger partial charge in [-0.2, -0.15) is 0 Å². The first-order chi connectivity index (χ1) is 16.6. The fourth-order valence-electron chi connectivity index (χ4n) is 4.33. The number of ether oxygens (including phenoxy) is 2. The van der Waals surface area contributed by atoms with E-state index in [-0.39, 0.29) is 18.6 Å². The van der Waals surface area contributed by atoms with Crippen LogP contribution in [0.3, 0.4) is 0 Å². The van der Waals surface area contributed by atoms with E-state index in [9.17, 15) is 14.7 Å². The molecule has 0 amide bonds. The molecule has 1 aromatic heterocycles. The molecule has 0 radical (unpaired) electrons. The van der Waals surface area contributed by atoms with Gasteiger partial charge in [0.2, 0.25) is 0 Å². The van der Waals surface area contributed by atoms with Crippen molar-refractivity contribution in [1.29, 1.82) is 0 Å². The highest BCUT2D eigenvalue weighted by molar-refractivity contribution is 9.11. The number of hydrogen-bond donors (Lipinski definition) is 2. The van der Waals surface area contributed by atoms with Crippen molar-refractivity contribution in [2.45, 2.75) is 37.9 Å². The number of nitrogens with one attached hydrogen (secondary N) is 1. The first kappa shape index (κ1) is 24.3. The molecule has 2 aromatic carbocycles. The van der Waals surface area contributed by atoms with Gasteiger partial charge in [-0.05, 0) is 28.6 Å². The van der Waals surface area contributed by atoms with Crippen molar-refractivity contribution in [3.63, 3.8) is 0 Å². The second kappa shape index (κ2) is 11.6. The Bertz CT molecular complexity index is 1210. The molecule has 8 heteroatoms. The summed E-state index contributed by atoms with van der Waals surface area (Å²) >= 11 is 3.16. The summed E-state index contributed by atoms with van der Waals surface area (Å²) in [4.78, 5) is 28.6. The van der Waals surface area contributed by atoms with Crippen molar-refractivity contribution in [2.75, 3.05) is 6.61 Å². The van der Waals surface area contributed by atoms with Gasteiger partial charge in [0, 0.05) is 12.1 Å². The van der Waals surface area contributed by atoms with Gasteiger partial charge in [-0.25, -0.2) is 4.79 Å². The number of aromatic amines is 1. The molecule has 4 atom stereocenters. The van der Waals surface area contributed by atoms with E-state index >= 15 is 0 Å². The maximum atomic E-state index is 12.6. The van der Waals surface area contributed by atoms with E-state index in [2.05, 4.69) is 20.9 Å². The standard InChI is InChI=1S/C26H27BrN2O5/c27-12-11-20-14-29(26(32)28-25(20)31)22-13-23(34-16-19-9-5-2-6-10-19)21(24(22)30)17-33-15-18-7-3-1-4-8-18/h1-12,14,21-24,30H,13,15-17H2,(H,28,31,32)/t21-,22+,23+,24+/m1/s1. The zero-order chi connectivity index (χ0) is 23.9. The molecule has 0 aliphatic heterocycles. The predicted molar refractivity (Wildman–Crippen MR) is 134 cm³/mol. The van der Waals surface area contributed by atoms with Gasteiger partial charge in [-0.1, -0.05) is 76.6 Å². The van der Waals surface area contributed by atoms with Crippen LogP contribution in [0.1, 0.15) is 29.2 Å². The van der Waals surface area contributed by atoms with Crippen LogP contribution in [0.5, 0.6) is 0 Å². The van der Waals surface area contributed by atoms with Crippen LogP contribution < -0.4 is 11.2 Å². The van der Waals surface area contributed by atoms with Crippen LogP contribution >= 0.6 is 15.9 Å². The van der Waals surface area contributed by atoms with Crippen molar-refractivity contribution >= 4 is 22.0 Å². The molecule has 1 fully saturated rings. The molecule has 4 rings (SSSR count). The van der Waals surface area contributed by atoms with E-state index in [1.807, 2.05) is 60.7 Å². The van der Waals surface area contributed by atoms with E-state index in [0.717, 1.165) is 11.1 Å². The molecule has 0 unspecified atom stereocenters. The lowest BCUT2D eigenvalue weighted by Gasteiger charge is -2.23. The van der Waals surface area contributed by atoms with Gasteiger partial charge >= 0.3 is 5.69 Å². The van der Waals surface area contributed by atoms with Crippen LogP contribution in [0.25, 0.3) is 6.08 Å². The van der Waals surface area contributed by atoms with Crippen molar-refractivity contribution in [2.24, 2.45) is 5.92 Å². The SMILES string of the molecule is O=c1[nH]c(=O)n([C@H]2C[C@H](OCc3ccccc3)[C@@H](COCc3ccccc3)[C@@H]2O)cc1C=CBr. The molecule has 0 bridgehead atoms. The molecule has 34 heavy (non-hydrogen) atoms. The monoisotopic (exact) mass is 526 g/mol. The normalized spacial score (nSPS) is 22.4. The fraction of sp³-hybridized carbons (Fsp3) is 0.308. The summed E-state index contributed by atoms with van der Waals surface area (Å²) in [6.45, 7) is 1.08. The minimum Gasteiger partial charge on any atom is -0.390 e. The molecule has 1 aliphatic rings. The van der Waals surface area contributed by atoms with Gasteiger partial charge in [0.25, 0.3) is 5.56 Å². The van der Waals surface area contributed by atoms with Gasteiger partial charge in [-0.15, -0.1) is 0 Å². The third kappa shape index (κ3) is 5.82. The molecule has 1 saturated carbocycles. The van der Waals surface area contributed by atoms with Crippen LogP contribution in [0.4, 0.5) is 0 Å². The summed E-state index contributed by atoms with van der Waals surface area (Å²) in [6.07, 6.45) is 2.23. The van der Waals surface area contributed by atoms with Crippen molar-refractivity contribution in [1.82, 2.24) is 9.55 Å². The van der Waals surface area contributed by atoms with Gasteiger partial charge in [0.15, 0.2) is 0 Å². The van der Waals surface area contributed by atoms with E-state index in [4.69, 9.17) is 9.47 Å². The zero-order valence-corrected chi connectivity index (χ0v) is 20.1. The second-order valence-electron chi connectivity index (χ2n) is 8.34. The summed E-state index contributed by atoms with van der Waals surface area (Å²) in [7, 11) is 0. The minimum absolute atomic E-state index is 0.276. The number of H-pyrrole nitrogens is 1. The summed E-state index contributed by atoms with van der Waals surface area (Å²) < 4.78 is 13.6. The second-order valence-corrected chi connectivity index (χ2v) is 8.87. The van der Waals surface area contributed by atoms with E-state index < -0.39 is 23.4 Å². The lowest BCUT2D eigenvalue weighted by molar-refractivity contribution is -0.0476. The Morgan fingerprint density at radius 1 is 1.03 bits per heavy atom. The van der Waals surface area contributed by atoms with Gasteiger partial charge in [0.05, 0.1) is 43.6 Å². The average molecular weight is 527 g/mol. The molecular formula is C26H27BrN2O5. The highest BCUT2D eigenvalue weighted by atomic mass is 79.9. The Morgan fingerprint density at radius 3 is 2.32 bits per heavy atom. The first-order valence-corrected chi connectivity index (χ1v) is 12.1. The minimum atomic E-state index is -0.888. The number of aromatic nitrogens is 2. The summed E-state index contributed by atoms with van der Waals surface area (Å²) in [5.74, 6) is -0.341. The number of benzene rings is 2. The third-order valence-electron chi connectivity index (χ3n) is 6.11. The Labute approximate surface area is 205 Å².